The molecule has 19 heavy (non-hydrogen) atoms. The molecule has 0 bridgehead atoms. The van der Waals surface area contributed by atoms with Crippen LogP contribution in [0.1, 0.15) is 18.9 Å². The maximum absolute atomic E-state index is 13.5. The Morgan fingerprint density at radius 2 is 2.21 bits per heavy atom. The van der Waals surface area contributed by atoms with E-state index in [1.807, 2.05) is 6.92 Å². The summed E-state index contributed by atoms with van der Waals surface area (Å²) >= 11 is 0. The van der Waals surface area contributed by atoms with Crippen molar-refractivity contribution in [2.75, 3.05) is 20.1 Å². The van der Waals surface area contributed by atoms with Crippen molar-refractivity contribution in [2.24, 2.45) is 5.92 Å². The number of nitrogens with one attached hydrogen (secondary N) is 1. The second-order valence-corrected chi connectivity index (χ2v) is 6.98. The molecule has 0 aliphatic carbocycles. The molecular formula is C13H19FN2O2S. The molecule has 0 saturated carbocycles. The number of halogens is 1. The Hall–Kier alpha value is -0.980. The highest BCUT2D eigenvalue weighted by Crippen LogP contribution is 2.25. The molecular weight excluding hydrogens is 267 g/mol. The molecule has 1 aliphatic heterocycles. The molecule has 0 aromatic heterocycles. The standard InChI is InChI=1S/C13H19FN2O2S/c1-10-5-6-16(9-10)19(17,18)12-3-4-13(14)11(7-12)8-15-2/h3-4,7,10,15H,5-6,8-9H2,1-2H3. The first kappa shape index (κ1) is 14.4. The van der Waals surface area contributed by atoms with Crippen molar-refractivity contribution < 1.29 is 12.8 Å². The van der Waals surface area contributed by atoms with E-state index in [1.165, 1.54) is 22.5 Å². The fourth-order valence-corrected chi connectivity index (χ4v) is 3.93. The van der Waals surface area contributed by atoms with Crippen LogP contribution in [-0.4, -0.2) is 32.9 Å². The summed E-state index contributed by atoms with van der Waals surface area (Å²) < 4.78 is 39.9. The predicted molar refractivity (Wildman–Crippen MR) is 71.7 cm³/mol. The number of hydrogen-bond acceptors (Lipinski definition) is 3. The van der Waals surface area contributed by atoms with E-state index in [0.717, 1.165) is 6.42 Å². The Labute approximate surface area is 113 Å². The van der Waals surface area contributed by atoms with Crippen molar-refractivity contribution >= 4 is 10.0 Å². The third-order valence-electron chi connectivity index (χ3n) is 3.41. The SMILES string of the molecule is CNCc1cc(S(=O)(=O)N2CCC(C)C2)ccc1F. The van der Waals surface area contributed by atoms with Crippen LogP contribution < -0.4 is 5.32 Å². The van der Waals surface area contributed by atoms with Crippen LogP contribution in [0.4, 0.5) is 4.39 Å². The molecule has 1 saturated heterocycles. The molecule has 1 N–H and O–H groups in total. The first-order chi connectivity index (χ1) is 8.95. The van der Waals surface area contributed by atoms with Crippen LogP contribution >= 0.6 is 0 Å². The summed E-state index contributed by atoms with van der Waals surface area (Å²) in [6.45, 7) is 3.43. The Morgan fingerprint density at radius 3 is 2.79 bits per heavy atom. The fraction of sp³-hybridized carbons (Fsp3) is 0.538. The van der Waals surface area contributed by atoms with Gasteiger partial charge in [-0.15, -0.1) is 0 Å². The van der Waals surface area contributed by atoms with Crippen molar-refractivity contribution in [3.8, 4) is 0 Å². The van der Waals surface area contributed by atoms with Crippen LogP contribution in [0, 0.1) is 11.7 Å². The van der Waals surface area contributed by atoms with Gasteiger partial charge in [0.2, 0.25) is 10.0 Å². The Balaban J connectivity index is 2.33. The molecule has 1 aliphatic rings. The lowest BCUT2D eigenvalue weighted by atomic mass is 10.2. The van der Waals surface area contributed by atoms with Gasteiger partial charge in [-0.3, -0.25) is 0 Å². The maximum atomic E-state index is 13.5. The van der Waals surface area contributed by atoms with Crippen molar-refractivity contribution in [1.82, 2.24) is 9.62 Å². The minimum Gasteiger partial charge on any atom is -0.316 e. The molecule has 1 atom stereocenters. The number of hydrogen-bond donors (Lipinski definition) is 1. The second kappa shape index (κ2) is 5.56. The van der Waals surface area contributed by atoms with Gasteiger partial charge in [-0.25, -0.2) is 12.8 Å². The summed E-state index contributed by atoms with van der Waals surface area (Å²) in [5.41, 5.74) is 0.371. The lowest BCUT2D eigenvalue weighted by molar-refractivity contribution is 0.464. The summed E-state index contributed by atoms with van der Waals surface area (Å²) in [6, 6.07) is 3.98. The van der Waals surface area contributed by atoms with Gasteiger partial charge in [-0.1, -0.05) is 6.92 Å². The number of benzene rings is 1. The molecule has 1 aromatic carbocycles. The quantitative estimate of drug-likeness (QED) is 0.914. The Kier molecular flexibility index (Phi) is 4.23. The average Bonchev–Trinajstić information content (AvgIpc) is 2.79. The van der Waals surface area contributed by atoms with E-state index in [-0.39, 0.29) is 10.7 Å². The van der Waals surface area contributed by atoms with E-state index >= 15 is 0 Å². The van der Waals surface area contributed by atoms with Crippen molar-refractivity contribution in [2.45, 2.75) is 24.8 Å². The van der Waals surface area contributed by atoms with Gasteiger partial charge in [0.25, 0.3) is 0 Å². The van der Waals surface area contributed by atoms with E-state index < -0.39 is 10.0 Å². The zero-order valence-corrected chi connectivity index (χ0v) is 12.0. The highest BCUT2D eigenvalue weighted by atomic mass is 32.2. The molecule has 0 amide bonds. The molecule has 0 spiro atoms. The van der Waals surface area contributed by atoms with E-state index in [9.17, 15) is 12.8 Å². The van der Waals surface area contributed by atoms with Crippen LogP contribution in [0.2, 0.25) is 0 Å². The predicted octanol–water partition coefficient (Wildman–Crippen LogP) is 1.58. The summed E-state index contributed by atoms with van der Waals surface area (Å²) in [4.78, 5) is 0.174. The number of sulfonamides is 1. The molecule has 2 rings (SSSR count). The van der Waals surface area contributed by atoms with Crippen molar-refractivity contribution in [3.05, 3.63) is 29.6 Å². The molecule has 1 aromatic rings. The lowest BCUT2D eigenvalue weighted by Gasteiger charge is -2.16. The number of nitrogens with zero attached hydrogens (tertiary/aromatic N) is 1. The third kappa shape index (κ3) is 2.96. The first-order valence-corrected chi connectivity index (χ1v) is 7.82. The second-order valence-electron chi connectivity index (χ2n) is 5.04. The molecule has 1 fully saturated rings. The van der Waals surface area contributed by atoms with E-state index in [2.05, 4.69) is 5.32 Å². The Morgan fingerprint density at radius 1 is 1.47 bits per heavy atom. The van der Waals surface area contributed by atoms with Gasteiger partial charge >= 0.3 is 0 Å². The fourth-order valence-electron chi connectivity index (χ4n) is 2.30. The summed E-state index contributed by atoms with van der Waals surface area (Å²) in [7, 11) is -1.79. The van der Waals surface area contributed by atoms with E-state index in [1.54, 1.807) is 7.05 Å². The number of rotatable bonds is 4. The summed E-state index contributed by atoms with van der Waals surface area (Å²) in [5, 5.41) is 2.83. The van der Waals surface area contributed by atoms with Crippen LogP contribution in [0.3, 0.4) is 0 Å². The normalized spacial score (nSPS) is 20.9. The Bertz CT molecular complexity index is 560. The lowest BCUT2D eigenvalue weighted by Crippen LogP contribution is -2.28. The monoisotopic (exact) mass is 286 g/mol. The van der Waals surface area contributed by atoms with Crippen LogP contribution in [0.5, 0.6) is 0 Å². The zero-order valence-electron chi connectivity index (χ0n) is 11.2. The molecule has 1 heterocycles. The van der Waals surface area contributed by atoms with Crippen molar-refractivity contribution in [1.29, 1.82) is 0 Å². The largest absolute Gasteiger partial charge is 0.316 e. The highest BCUT2D eigenvalue weighted by Gasteiger charge is 2.30. The zero-order chi connectivity index (χ0) is 14.0. The van der Waals surface area contributed by atoms with Crippen LogP contribution in [-0.2, 0) is 16.6 Å². The smallest absolute Gasteiger partial charge is 0.243 e. The van der Waals surface area contributed by atoms with Gasteiger partial charge in [0.15, 0.2) is 0 Å². The van der Waals surface area contributed by atoms with Gasteiger partial charge in [-0.2, -0.15) is 4.31 Å². The average molecular weight is 286 g/mol. The summed E-state index contributed by atoms with van der Waals surface area (Å²) in [6.07, 6.45) is 0.879. The molecule has 0 radical (unpaired) electrons. The van der Waals surface area contributed by atoms with Gasteiger partial charge in [0.05, 0.1) is 4.90 Å². The highest BCUT2D eigenvalue weighted by molar-refractivity contribution is 7.89. The molecule has 106 valence electrons. The third-order valence-corrected chi connectivity index (χ3v) is 5.27. The minimum atomic E-state index is -3.49. The van der Waals surface area contributed by atoms with Crippen LogP contribution in [0.25, 0.3) is 0 Å². The maximum Gasteiger partial charge on any atom is 0.243 e. The molecule has 4 nitrogen and oxygen atoms in total. The van der Waals surface area contributed by atoms with Gasteiger partial charge in [-0.05, 0) is 37.6 Å². The molecule has 6 heteroatoms. The summed E-state index contributed by atoms with van der Waals surface area (Å²) in [5.74, 6) is -0.00454. The van der Waals surface area contributed by atoms with E-state index in [4.69, 9.17) is 0 Å². The topological polar surface area (TPSA) is 49.4 Å². The first-order valence-electron chi connectivity index (χ1n) is 6.38. The van der Waals surface area contributed by atoms with Crippen molar-refractivity contribution in [3.63, 3.8) is 0 Å². The van der Waals surface area contributed by atoms with Gasteiger partial charge in [0, 0.05) is 25.2 Å². The minimum absolute atomic E-state index is 0.174. The van der Waals surface area contributed by atoms with Crippen LogP contribution in [0.15, 0.2) is 23.1 Å². The molecule has 1 unspecified atom stereocenters. The van der Waals surface area contributed by atoms with Gasteiger partial charge in [0.1, 0.15) is 5.82 Å². The van der Waals surface area contributed by atoms with Gasteiger partial charge < -0.3 is 5.32 Å². The van der Waals surface area contributed by atoms with E-state index in [0.29, 0.717) is 31.1 Å².